The van der Waals surface area contributed by atoms with Gasteiger partial charge in [-0.3, -0.25) is 14.7 Å². The number of rotatable bonds is 3. The molecule has 1 aromatic carbocycles. The monoisotopic (exact) mass is 341 g/mol. The van der Waals surface area contributed by atoms with Gasteiger partial charge < -0.3 is 4.90 Å². The molecule has 5 nitrogen and oxygen atoms in total. The summed E-state index contributed by atoms with van der Waals surface area (Å²) in [6.07, 6.45) is 4.42. The second-order valence-electron chi connectivity index (χ2n) is 6.84. The van der Waals surface area contributed by atoms with Crippen LogP contribution >= 0.6 is 0 Å². The lowest BCUT2D eigenvalue weighted by molar-refractivity contribution is 0.0631. The fourth-order valence-electron chi connectivity index (χ4n) is 3.87. The number of aromatic nitrogens is 2. The van der Waals surface area contributed by atoms with E-state index in [2.05, 4.69) is 10.2 Å². The summed E-state index contributed by atoms with van der Waals surface area (Å²) in [6.45, 7) is 1.05. The normalized spacial score (nSPS) is 19.7. The molecule has 1 fully saturated rings. The quantitative estimate of drug-likeness (QED) is 0.873. The van der Waals surface area contributed by atoms with E-state index < -0.39 is 0 Å². The number of piperidine rings is 1. The molecular weight excluding hydrogens is 321 g/mol. The minimum absolute atomic E-state index is 0.0234. The van der Waals surface area contributed by atoms with E-state index in [9.17, 15) is 14.0 Å². The van der Waals surface area contributed by atoms with E-state index in [0.717, 1.165) is 43.4 Å². The fourth-order valence-corrected chi connectivity index (χ4v) is 3.87. The van der Waals surface area contributed by atoms with Crippen LogP contribution in [0.5, 0.6) is 0 Å². The SMILES string of the molecule is O=C(c1ccc(F)cc1)[C@@H]1CCCN(C(=O)c2n[nH]c3c2CCC3)C1. The zero-order valence-electron chi connectivity index (χ0n) is 13.9. The van der Waals surface area contributed by atoms with Gasteiger partial charge in [0.1, 0.15) is 5.82 Å². The molecule has 1 aromatic heterocycles. The van der Waals surface area contributed by atoms with Gasteiger partial charge in [-0.1, -0.05) is 0 Å². The number of Topliss-reactive ketones (excluding diaryl/α,β-unsaturated/α-hetero) is 1. The first-order chi connectivity index (χ1) is 12.1. The molecule has 4 rings (SSSR count). The highest BCUT2D eigenvalue weighted by molar-refractivity contribution is 5.99. The van der Waals surface area contributed by atoms with Crippen LogP contribution in [0, 0.1) is 11.7 Å². The molecule has 0 spiro atoms. The van der Waals surface area contributed by atoms with E-state index in [-0.39, 0.29) is 23.4 Å². The highest BCUT2D eigenvalue weighted by Gasteiger charge is 2.32. The van der Waals surface area contributed by atoms with Gasteiger partial charge in [-0.15, -0.1) is 0 Å². The summed E-state index contributed by atoms with van der Waals surface area (Å²) in [6, 6.07) is 5.62. The lowest BCUT2D eigenvalue weighted by Crippen LogP contribution is -2.42. The second kappa shape index (κ2) is 6.43. The Morgan fingerprint density at radius 1 is 1.16 bits per heavy atom. The molecule has 1 atom stereocenters. The van der Waals surface area contributed by atoms with Crippen LogP contribution in [0.2, 0.25) is 0 Å². The summed E-state index contributed by atoms with van der Waals surface area (Å²) in [5, 5.41) is 7.18. The van der Waals surface area contributed by atoms with Gasteiger partial charge >= 0.3 is 0 Å². The Kier molecular flexibility index (Phi) is 4.11. The Labute approximate surface area is 145 Å². The summed E-state index contributed by atoms with van der Waals surface area (Å²) < 4.78 is 13.1. The number of halogens is 1. The number of benzene rings is 1. The van der Waals surface area contributed by atoms with Crippen molar-refractivity contribution < 1.29 is 14.0 Å². The zero-order valence-corrected chi connectivity index (χ0v) is 13.9. The summed E-state index contributed by atoms with van der Waals surface area (Å²) in [4.78, 5) is 27.3. The topological polar surface area (TPSA) is 66.1 Å². The number of H-pyrrole nitrogens is 1. The van der Waals surface area contributed by atoms with Gasteiger partial charge in [0.15, 0.2) is 11.5 Å². The highest BCUT2D eigenvalue weighted by atomic mass is 19.1. The molecule has 130 valence electrons. The zero-order chi connectivity index (χ0) is 17.4. The van der Waals surface area contributed by atoms with Crippen LogP contribution in [0.15, 0.2) is 24.3 Å². The number of carbonyl (C=O) groups is 2. The second-order valence-corrected chi connectivity index (χ2v) is 6.84. The van der Waals surface area contributed by atoms with E-state index in [1.165, 1.54) is 24.3 Å². The Balaban J connectivity index is 1.49. The third kappa shape index (κ3) is 2.97. The maximum Gasteiger partial charge on any atom is 0.274 e. The molecule has 2 aromatic rings. The summed E-state index contributed by atoms with van der Waals surface area (Å²) in [5.74, 6) is -0.708. The average Bonchev–Trinajstić information content (AvgIpc) is 3.25. The number of likely N-dealkylation sites (tertiary alicyclic amines) is 1. The lowest BCUT2D eigenvalue weighted by atomic mass is 9.89. The van der Waals surface area contributed by atoms with Crippen molar-refractivity contribution in [2.45, 2.75) is 32.1 Å². The van der Waals surface area contributed by atoms with E-state index in [1.54, 1.807) is 4.90 Å². The molecule has 2 heterocycles. The summed E-state index contributed by atoms with van der Waals surface area (Å²) in [5.41, 5.74) is 3.13. The molecule has 0 radical (unpaired) electrons. The molecule has 0 bridgehead atoms. The number of aromatic amines is 1. The first-order valence-electron chi connectivity index (χ1n) is 8.78. The van der Waals surface area contributed by atoms with Crippen molar-refractivity contribution in [3.05, 3.63) is 52.6 Å². The predicted octanol–water partition coefficient (Wildman–Crippen LogP) is 2.77. The highest BCUT2D eigenvalue weighted by Crippen LogP contribution is 2.26. The van der Waals surface area contributed by atoms with Crippen molar-refractivity contribution in [1.29, 1.82) is 0 Å². The summed E-state index contributed by atoms with van der Waals surface area (Å²) >= 11 is 0. The van der Waals surface area contributed by atoms with Crippen LogP contribution in [0.4, 0.5) is 4.39 Å². The molecule has 0 saturated carbocycles. The van der Waals surface area contributed by atoms with Crippen molar-refractivity contribution in [1.82, 2.24) is 15.1 Å². The number of nitrogens with one attached hydrogen (secondary N) is 1. The van der Waals surface area contributed by atoms with Crippen molar-refractivity contribution in [2.75, 3.05) is 13.1 Å². The Hall–Kier alpha value is -2.50. The lowest BCUT2D eigenvalue weighted by Gasteiger charge is -2.31. The Morgan fingerprint density at radius 3 is 2.76 bits per heavy atom. The van der Waals surface area contributed by atoms with Gasteiger partial charge in [0.2, 0.25) is 0 Å². The predicted molar refractivity (Wildman–Crippen MR) is 90.0 cm³/mol. The van der Waals surface area contributed by atoms with Gasteiger partial charge in [0, 0.05) is 35.8 Å². The molecule has 1 aliphatic heterocycles. The van der Waals surface area contributed by atoms with E-state index in [4.69, 9.17) is 0 Å². The number of amides is 1. The number of fused-ring (bicyclic) bond motifs is 1. The molecule has 1 amide bonds. The molecule has 1 N–H and O–H groups in total. The van der Waals surface area contributed by atoms with Gasteiger partial charge in [0.05, 0.1) is 0 Å². The summed E-state index contributed by atoms with van der Waals surface area (Å²) in [7, 11) is 0. The van der Waals surface area contributed by atoms with Gasteiger partial charge in [-0.2, -0.15) is 5.10 Å². The van der Waals surface area contributed by atoms with E-state index >= 15 is 0 Å². The molecule has 1 saturated heterocycles. The number of nitrogens with zero attached hydrogens (tertiary/aromatic N) is 2. The molecule has 2 aliphatic rings. The number of aryl methyl sites for hydroxylation is 1. The Morgan fingerprint density at radius 2 is 1.96 bits per heavy atom. The smallest absolute Gasteiger partial charge is 0.274 e. The third-order valence-corrected chi connectivity index (χ3v) is 5.22. The van der Waals surface area contributed by atoms with Crippen molar-refractivity contribution in [3.63, 3.8) is 0 Å². The largest absolute Gasteiger partial charge is 0.337 e. The van der Waals surface area contributed by atoms with E-state index in [0.29, 0.717) is 24.3 Å². The number of carbonyl (C=O) groups excluding carboxylic acids is 2. The standard InChI is InChI=1S/C19H20FN3O2/c20-14-8-6-12(7-9-14)18(24)13-3-2-10-23(11-13)19(25)17-15-4-1-5-16(15)21-22-17/h6-9,13H,1-5,10-11H2,(H,21,22)/t13-/m1/s1. The minimum atomic E-state index is -0.357. The van der Waals surface area contributed by atoms with Crippen LogP contribution in [-0.4, -0.2) is 39.9 Å². The third-order valence-electron chi connectivity index (χ3n) is 5.22. The van der Waals surface area contributed by atoms with Crippen LogP contribution in [-0.2, 0) is 12.8 Å². The molecule has 0 unspecified atom stereocenters. The number of ketones is 1. The van der Waals surface area contributed by atoms with Crippen molar-refractivity contribution in [3.8, 4) is 0 Å². The average molecular weight is 341 g/mol. The van der Waals surface area contributed by atoms with Crippen molar-refractivity contribution in [2.24, 2.45) is 5.92 Å². The van der Waals surface area contributed by atoms with Crippen LogP contribution in [0.25, 0.3) is 0 Å². The molecule has 1 aliphatic carbocycles. The van der Waals surface area contributed by atoms with Crippen molar-refractivity contribution >= 4 is 11.7 Å². The number of hydrogen-bond acceptors (Lipinski definition) is 3. The maximum atomic E-state index is 13.1. The molecule has 6 heteroatoms. The van der Waals surface area contributed by atoms with Gasteiger partial charge in [-0.25, -0.2) is 4.39 Å². The molecular formula is C19H20FN3O2. The van der Waals surface area contributed by atoms with Crippen LogP contribution in [0.1, 0.15) is 51.4 Å². The maximum absolute atomic E-state index is 13.1. The molecule has 25 heavy (non-hydrogen) atoms. The van der Waals surface area contributed by atoms with Crippen LogP contribution < -0.4 is 0 Å². The first kappa shape index (κ1) is 16.0. The Bertz CT molecular complexity index is 813. The minimum Gasteiger partial charge on any atom is -0.337 e. The van der Waals surface area contributed by atoms with Gasteiger partial charge in [-0.05, 0) is 56.4 Å². The fraction of sp³-hybridized carbons (Fsp3) is 0.421. The van der Waals surface area contributed by atoms with Gasteiger partial charge in [0.25, 0.3) is 5.91 Å². The van der Waals surface area contributed by atoms with Crippen LogP contribution in [0.3, 0.4) is 0 Å². The number of hydrogen-bond donors (Lipinski definition) is 1. The first-order valence-corrected chi connectivity index (χ1v) is 8.78. The van der Waals surface area contributed by atoms with E-state index in [1.807, 2.05) is 0 Å².